The maximum Gasteiger partial charge on any atom is 0.312 e. The third kappa shape index (κ3) is 9.28. The van der Waals surface area contributed by atoms with Crippen LogP contribution in [-0.2, 0) is 23.8 Å². The van der Waals surface area contributed by atoms with Crippen LogP contribution in [0.4, 0.5) is 5.69 Å². The Hall–Kier alpha value is -6.01. The Labute approximate surface area is 376 Å². The van der Waals surface area contributed by atoms with E-state index in [0.29, 0.717) is 18.9 Å². The van der Waals surface area contributed by atoms with Crippen molar-refractivity contribution >= 4 is 56.3 Å². The number of anilines is 1. The first kappa shape index (κ1) is 48.4. The maximum absolute atomic E-state index is 14.8. The summed E-state index contributed by atoms with van der Waals surface area (Å²) in [6.07, 6.45) is 3.51. The molecule has 3 aromatic carbocycles. The topological polar surface area (TPSA) is 226 Å². The number of phenols is 1. The van der Waals surface area contributed by atoms with E-state index in [1.165, 1.54) is 60.3 Å². The summed E-state index contributed by atoms with van der Waals surface area (Å²) in [5.74, 6) is -6.84. The Morgan fingerprint density at radius 2 is 1.68 bits per heavy atom. The lowest BCUT2D eigenvalue weighted by Crippen LogP contribution is -2.46. The van der Waals surface area contributed by atoms with Gasteiger partial charge >= 0.3 is 11.8 Å². The van der Waals surface area contributed by atoms with Crippen LogP contribution in [0.15, 0.2) is 57.5 Å². The molecule has 65 heavy (non-hydrogen) atoms. The van der Waals surface area contributed by atoms with Crippen LogP contribution in [0.3, 0.4) is 0 Å². The van der Waals surface area contributed by atoms with Crippen molar-refractivity contribution in [3.63, 3.8) is 0 Å². The molecule has 9 atom stereocenters. The Bertz CT molecular complexity index is 2670. The number of allylic oxidation sites excluding steroid dienone is 2. The van der Waals surface area contributed by atoms with Crippen LogP contribution >= 0.6 is 0 Å². The Kier molecular flexibility index (Phi) is 14.3. The first-order valence-corrected chi connectivity index (χ1v) is 21.4. The van der Waals surface area contributed by atoms with Crippen LogP contribution in [0.1, 0.15) is 64.4 Å². The van der Waals surface area contributed by atoms with Crippen molar-refractivity contribution in [2.24, 2.45) is 23.7 Å². The number of methoxy groups -OCH3 is 2. The van der Waals surface area contributed by atoms with Gasteiger partial charge in [0.15, 0.2) is 28.1 Å². The van der Waals surface area contributed by atoms with Crippen LogP contribution < -0.4 is 25.0 Å². The van der Waals surface area contributed by atoms with Gasteiger partial charge in [0.2, 0.25) is 0 Å². The van der Waals surface area contributed by atoms with Gasteiger partial charge < -0.3 is 58.4 Å². The van der Waals surface area contributed by atoms with Gasteiger partial charge in [-0.25, -0.2) is 4.98 Å². The molecule has 0 aliphatic carbocycles. The number of fused-ring (bicyclic) bond motifs is 2. The van der Waals surface area contributed by atoms with Crippen LogP contribution in [-0.4, -0.2) is 115 Å². The minimum absolute atomic E-state index is 0.0312. The number of benzene rings is 3. The maximum atomic E-state index is 14.8. The molecule has 2 aliphatic rings. The molecule has 0 unspecified atom stereocenters. The van der Waals surface area contributed by atoms with Crippen molar-refractivity contribution in [3.8, 4) is 23.0 Å². The minimum atomic E-state index is -2.07. The van der Waals surface area contributed by atoms with Gasteiger partial charge in [-0.2, -0.15) is 0 Å². The number of carbonyl (C=O) groups excluding carboxylic acids is 3. The lowest BCUT2D eigenvalue weighted by molar-refractivity contribution is -0.160. The molecule has 0 saturated heterocycles. The number of ether oxygens (including phenoxy) is 6. The number of amides is 1. The molecule has 0 radical (unpaired) electrons. The number of nitrogens with one attached hydrogen (secondary N) is 1. The zero-order valence-electron chi connectivity index (χ0n) is 38.8. The Morgan fingerprint density at radius 3 is 2.32 bits per heavy atom. The molecule has 17 nitrogen and oxygen atoms in total. The number of hydrogen-bond acceptors (Lipinski definition) is 16. The molecule has 0 spiro atoms. The fraction of sp³-hybridized carbons (Fsp3) is 0.479. The lowest BCUT2D eigenvalue weighted by atomic mass is 9.78. The number of aliphatic hydroxyl groups excluding tert-OH is 2. The third-order valence-corrected chi connectivity index (χ3v) is 12.4. The quantitative estimate of drug-likeness (QED) is 0.0728. The highest BCUT2D eigenvalue weighted by molar-refractivity contribution is 6.26. The first-order chi connectivity index (χ1) is 30.6. The summed E-state index contributed by atoms with van der Waals surface area (Å²) in [5, 5.41) is 37.4. The molecule has 6 rings (SSSR count). The van der Waals surface area contributed by atoms with Crippen molar-refractivity contribution in [1.29, 1.82) is 0 Å². The molecule has 350 valence electrons. The standard InChI is InChI=1S/C48H59N3O14/c1-22-14-13-15-23(2)47(58)50-38-42(56)34-33(37-45(38)64-32-21-29(61-19-17-51(9)10)20-31(60-12)36(32)49-37)35-44(27(6)41(34)55)65-48(8,46(35)57)62-18-16-30(59-11)24(3)43(63-28(7)52)26(5)40(54)25(4)39(22)53/h13-16,18,20-22,24-26,30,39-40,43,53-54,56H,17,19H2,1-12H3,(H,50,58)/b14-13+,18-16+,23-15-/t22-,24+,25+,26+,30-,39-,40+,43+,48-/m0/s1. The van der Waals surface area contributed by atoms with Crippen LogP contribution in [0.2, 0.25) is 0 Å². The Morgan fingerprint density at radius 1 is 0.969 bits per heavy atom. The molecule has 0 fully saturated rings. The van der Waals surface area contributed by atoms with E-state index in [1.807, 2.05) is 19.0 Å². The number of likely N-dealkylation sites (N-methyl/N-ethyl adjacent to an activating group) is 1. The van der Waals surface area contributed by atoms with Crippen molar-refractivity contribution in [2.75, 3.05) is 46.8 Å². The fourth-order valence-corrected chi connectivity index (χ4v) is 8.44. The number of nitrogens with zero attached hydrogens (tertiary/aromatic N) is 2. The summed E-state index contributed by atoms with van der Waals surface area (Å²) in [4.78, 5) is 62.5. The average molecular weight is 902 g/mol. The SMILES string of the molecule is COc1cc(OCCN(C)C)cc2oc3c4c(O)c5c(=O)c(C)c6c(c5c3nc12)C(=O)[C@@](C)(O/C=C/[C@H](OC)[C@@H](C)[C@@H](OC(C)=O)[C@H](C)[C@H](O)[C@H](C)[C@@H](O)[C@@H](C)/C=C/C=C(/C)C(=O)N4)O6. The van der Waals surface area contributed by atoms with E-state index >= 15 is 0 Å². The van der Waals surface area contributed by atoms with Crippen molar-refractivity contribution in [2.45, 2.75) is 85.6 Å². The molecule has 4 aromatic rings. The smallest absolute Gasteiger partial charge is 0.312 e. The predicted molar refractivity (Wildman–Crippen MR) is 242 cm³/mol. The van der Waals surface area contributed by atoms with E-state index in [2.05, 4.69) is 5.32 Å². The monoisotopic (exact) mass is 901 g/mol. The summed E-state index contributed by atoms with van der Waals surface area (Å²) in [5.41, 5.74) is -1.000. The van der Waals surface area contributed by atoms with E-state index in [1.54, 1.807) is 52.0 Å². The summed E-state index contributed by atoms with van der Waals surface area (Å²) in [7, 11) is 6.68. The highest BCUT2D eigenvalue weighted by Crippen LogP contribution is 2.49. The van der Waals surface area contributed by atoms with Crippen LogP contribution in [0.5, 0.6) is 23.0 Å². The second-order valence-electron chi connectivity index (χ2n) is 17.4. The molecular weight excluding hydrogens is 843 g/mol. The van der Waals surface area contributed by atoms with Gasteiger partial charge in [0.25, 0.3) is 11.7 Å². The van der Waals surface area contributed by atoms with Crippen LogP contribution in [0, 0.1) is 30.6 Å². The predicted octanol–water partition coefficient (Wildman–Crippen LogP) is 5.95. The molecule has 2 aliphatic heterocycles. The molecule has 3 heterocycles. The van der Waals surface area contributed by atoms with Gasteiger partial charge in [-0.1, -0.05) is 45.9 Å². The highest BCUT2D eigenvalue weighted by atomic mass is 16.7. The molecule has 0 saturated carbocycles. The number of rotatable bonds is 7. The second-order valence-corrected chi connectivity index (χ2v) is 17.4. The summed E-state index contributed by atoms with van der Waals surface area (Å²) >= 11 is 0. The number of ketones is 1. The van der Waals surface area contributed by atoms with E-state index in [9.17, 15) is 34.5 Å². The van der Waals surface area contributed by atoms with Gasteiger partial charge in [-0.3, -0.25) is 19.2 Å². The fourth-order valence-electron chi connectivity index (χ4n) is 8.44. The highest BCUT2D eigenvalue weighted by Gasteiger charge is 2.49. The molecule has 4 bridgehead atoms. The molecule has 4 N–H and O–H groups in total. The van der Waals surface area contributed by atoms with Gasteiger partial charge in [-0.15, -0.1) is 0 Å². The first-order valence-electron chi connectivity index (χ1n) is 21.4. The van der Waals surface area contributed by atoms with Gasteiger partial charge in [0.1, 0.15) is 40.9 Å². The van der Waals surface area contributed by atoms with Crippen molar-refractivity contribution in [3.05, 3.63) is 69.6 Å². The summed E-state index contributed by atoms with van der Waals surface area (Å²) in [6, 6.07) is 3.19. The van der Waals surface area contributed by atoms with Crippen molar-refractivity contribution < 1.29 is 62.5 Å². The lowest BCUT2D eigenvalue weighted by Gasteiger charge is -2.38. The van der Waals surface area contributed by atoms with Crippen LogP contribution in [0.25, 0.3) is 33.0 Å². The number of aromatic hydroxyl groups is 1. The number of carbonyl (C=O) groups is 3. The van der Waals surface area contributed by atoms with E-state index in [4.69, 9.17) is 37.8 Å². The minimum Gasteiger partial charge on any atom is -0.505 e. The normalized spacial score (nSPS) is 28.4. The van der Waals surface area contributed by atoms with Gasteiger partial charge in [-0.05, 0) is 34.0 Å². The summed E-state index contributed by atoms with van der Waals surface area (Å²) in [6.45, 7) is 13.4. The van der Waals surface area contributed by atoms with Gasteiger partial charge in [0.05, 0.1) is 42.6 Å². The number of phenolic OH excluding ortho intramolecular Hbond substituents is 1. The second kappa shape index (κ2) is 19.2. The number of hydrogen-bond donors (Lipinski definition) is 4. The van der Waals surface area contributed by atoms with E-state index < -0.39 is 82.7 Å². The van der Waals surface area contributed by atoms with Gasteiger partial charge in [0, 0.05) is 79.8 Å². The molecule has 1 aromatic heterocycles. The molecule has 17 heteroatoms. The molecular formula is C48H59N3O14. The van der Waals surface area contributed by atoms with E-state index in [-0.39, 0.29) is 66.9 Å². The number of aromatic nitrogens is 1. The Balaban J connectivity index is 1.61. The number of Topliss-reactive ketones (excluding diaryl/α,β-unsaturated/α-hetero) is 1. The number of aliphatic hydroxyl groups is 2. The van der Waals surface area contributed by atoms with E-state index in [0.717, 1.165) is 0 Å². The zero-order valence-corrected chi connectivity index (χ0v) is 38.8. The summed E-state index contributed by atoms with van der Waals surface area (Å²) < 4.78 is 42.1. The largest absolute Gasteiger partial charge is 0.505 e. The number of esters is 1. The third-order valence-electron chi connectivity index (χ3n) is 12.4. The zero-order chi connectivity index (χ0) is 47.8. The average Bonchev–Trinajstić information content (AvgIpc) is 3.53. The molecule has 1 amide bonds. The van der Waals surface area contributed by atoms with Crippen molar-refractivity contribution in [1.82, 2.24) is 9.88 Å².